The van der Waals surface area contributed by atoms with Crippen molar-refractivity contribution in [2.45, 2.75) is 6.61 Å². The molecule has 29 heavy (non-hydrogen) atoms. The van der Waals surface area contributed by atoms with Crippen LogP contribution in [0.4, 0.5) is 0 Å². The Morgan fingerprint density at radius 3 is 2.79 bits per heavy atom. The summed E-state index contributed by atoms with van der Waals surface area (Å²) in [6.07, 6.45) is 0. The summed E-state index contributed by atoms with van der Waals surface area (Å²) in [5, 5.41) is 1.80. The number of fused-ring (bicyclic) bond motifs is 2. The zero-order valence-corrected chi connectivity index (χ0v) is 17.5. The molecule has 0 unspecified atom stereocenters. The predicted octanol–water partition coefficient (Wildman–Crippen LogP) is 6.41. The molecule has 0 aliphatic carbocycles. The van der Waals surface area contributed by atoms with Gasteiger partial charge in [0, 0.05) is 27.1 Å². The summed E-state index contributed by atoms with van der Waals surface area (Å²) in [6.45, 7) is 0.266. The van der Waals surface area contributed by atoms with Gasteiger partial charge in [0.1, 0.15) is 22.9 Å². The highest BCUT2D eigenvalue weighted by atomic mass is 79.9. The number of rotatable bonds is 4. The quantitative estimate of drug-likeness (QED) is 0.289. The molecule has 4 nitrogen and oxygen atoms in total. The summed E-state index contributed by atoms with van der Waals surface area (Å²) in [5.74, 6) is 0.721. The maximum Gasteiger partial charge on any atom is 0.336 e. The van der Waals surface area contributed by atoms with Crippen molar-refractivity contribution in [2.24, 2.45) is 0 Å². The second-order valence-electron chi connectivity index (χ2n) is 6.53. The molecule has 2 heterocycles. The van der Waals surface area contributed by atoms with E-state index in [-0.39, 0.29) is 12.2 Å². The van der Waals surface area contributed by atoms with Gasteiger partial charge in [-0.25, -0.2) is 9.78 Å². The first-order valence-corrected chi connectivity index (χ1v) is 10.6. The zero-order valence-electron chi connectivity index (χ0n) is 15.1. The fourth-order valence-electron chi connectivity index (χ4n) is 3.20. The van der Waals surface area contributed by atoms with E-state index in [2.05, 4.69) is 22.0 Å². The van der Waals surface area contributed by atoms with Crippen LogP contribution < -0.4 is 10.4 Å². The Morgan fingerprint density at radius 2 is 1.90 bits per heavy atom. The highest BCUT2D eigenvalue weighted by Gasteiger charge is 2.09. The van der Waals surface area contributed by atoms with E-state index in [1.807, 2.05) is 54.6 Å². The fraction of sp³-hybridized carbons (Fsp3) is 0.0435. The number of ether oxygens (including phenoxy) is 1. The first-order valence-electron chi connectivity index (χ1n) is 8.97. The van der Waals surface area contributed by atoms with Gasteiger partial charge in [-0.3, -0.25) is 0 Å². The maximum atomic E-state index is 11.9. The highest BCUT2D eigenvalue weighted by molar-refractivity contribution is 9.10. The normalized spacial score (nSPS) is 11.2. The molecule has 0 amide bonds. The largest absolute Gasteiger partial charge is 0.489 e. The Bertz CT molecular complexity index is 1370. The number of halogens is 1. The van der Waals surface area contributed by atoms with E-state index in [1.54, 1.807) is 17.4 Å². The van der Waals surface area contributed by atoms with Crippen LogP contribution in [0.25, 0.3) is 31.8 Å². The molecular formula is C23H14BrNO3S. The van der Waals surface area contributed by atoms with Crippen LogP contribution in [0.1, 0.15) is 5.56 Å². The Hall–Kier alpha value is -2.96. The summed E-state index contributed by atoms with van der Waals surface area (Å²) in [5.41, 5.74) is 2.93. The van der Waals surface area contributed by atoms with Crippen molar-refractivity contribution in [3.63, 3.8) is 0 Å². The molecule has 0 fully saturated rings. The SMILES string of the molecule is O=c1cc(COc2cccc(-c3nc4ccccc4s3)c2)c2cc(Br)ccc2o1. The van der Waals surface area contributed by atoms with Crippen molar-refractivity contribution in [3.8, 4) is 16.3 Å². The Labute approximate surface area is 178 Å². The number of para-hydroxylation sites is 1. The average Bonchev–Trinajstić information content (AvgIpc) is 3.17. The van der Waals surface area contributed by atoms with Gasteiger partial charge in [0.2, 0.25) is 0 Å². The standard InChI is InChI=1S/C23H14BrNO3S/c24-16-8-9-20-18(12-16)15(11-22(26)28-20)13-27-17-5-3-4-14(10-17)23-25-19-6-1-2-7-21(19)29-23/h1-12H,13H2. The van der Waals surface area contributed by atoms with E-state index in [9.17, 15) is 4.79 Å². The van der Waals surface area contributed by atoms with Gasteiger partial charge in [0.25, 0.3) is 0 Å². The maximum absolute atomic E-state index is 11.9. The van der Waals surface area contributed by atoms with E-state index >= 15 is 0 Å². The lowest BCUT2D eigenvalue weighted by molar-refractivity contribution is 0.307. The molecule has 6 heteroatoms. The molecule has 3 aromatic carbocycles. The van der Waals surface area contributed by atoms with E-state index in [0.717, 1.165) is 42.0 Å². The lowest BCUT2D eigenvalue weighted by Gasteiger charge is -2.09. The Kier molecular flexibility index (Phi) is 4.66. The van der Waals surface area contributed by atoms with Gasteiger partial charge in [-0.2, -0.15) is 0 Å². The minimum absolute atomic E-state index is 0.266. The molecule has 0 saturated heterocycles. The lowest BCUT2D eigenvalue weighted by atomic mass is 10.1. The summed E-state index contributed by atoms with van der Waals surface area (Å²) in [4.78, 5) is 16.6. The number of nitrogens with zero attached hydrogens (tertiary/aromatic N) is 1. The third kappa shape index (κ3) is 3.69. The van der Waals surface area contributed by atoms with Gasteiger partial charge in [-0.1, -0.05) is 40.2 Å². The number of hydrogen-bond acceptors (Lipinski definition) is 5. The van der Waals surface area contributed by atoms with Crippen molar-refractivity contribution >= 4 is 48.5 Å². The van der Waals surface area contributed by atoms with Crippen LogP contribution in [0.15, 0.2) is 86.5 Å². The second kappa shape index (κ2) is 7.46. The van der Waals surface area contributed by atoms with Crippen LogP contribution in [0, 0.1) is 0 Å². The molecule has 0 spiro atoms. The van der Waals surface area contributed by atoms with Gasteiger partial charge in [-0.05, 0) is 42.5 Å². The molecule has 0 atom stereocenters. The summed E-state index contributed by atoms with van der Waals surface area (Å²) >= 11 is 5.12. The van der Waals surface area contributed by atoms with Gasteiger partial charge in [-0.15, -0.1) is 11.3 Å². The molecule has 0 aliphatic heterocycles. The minimum Gasteiger partial charge on any atom is -0.489 e. The second-order valence-corrected chi connectivity index (χ2v) is 8.48. The molecule has 0 radical (unpaired) electrons. The molecule has 0 N–H and O–H groups in total. The minimum atomic E-state index is -0.387. The van der Waals surface area contributed by atoms with Crippen LogP contribution in [-0.4, -0.2) is 4.98 Å². The van der Waals surface area contributed by atoms with Crippen LogP contribution >= 0.6 is 27.3 Å². The van der Waals surface area contributed by atoms with E-state index < -0.39 is 0 Å². The first kappa shape index (κ1) is 18.1. The summed E-state index contributed by atoms with van der Waals surface area (Å²) in [7, 11) is 0. The molecule has 5 rings (SSSR count). The van der Waals surface area contributed by atoms with Crippen molar-refractivity contribution in [1.82, 2.24) is 4.98 Å². The van der Waals surface area contributed by atoms with E-state index in [1.165, 1.54) is 6.07 Å². The monoisotopic (exact) mass is 463 g/mol. The first-order chi connectivity index (χ1) is 14.2. The molecule has 0 bridgehead atoms. The molecule has 142 valence electrons. The highest BCUT2D eigenvalue weighted by Crippen LogP contribution is 2.32. The van der Waals surface area contributed by atoms with Crippen molar-refractivity contribution in [2.75, 3.05) is 0 Å². The van der Waals surface area contributed by atoms with Crippen LogP contribution in [-0.2, 0) is 6.61 Å². The summed E-state index contributed by atoms with van der Waals surface area (Å²) < 4.78 is 13.4. The number of thiazole rings is 1. The van der Waals surface area contributed by atoms with Crippen molar-refractivity contribution < 1.29 is 9.15 Å². The molecular weight excluding hydrogens is 450 g/mol. The molecule has 0 aliphatic rings. The van der Waals surface area contributed by atoms with Crippen molar-refractivity contribution in [1.29, 1.82) is 0 Å². The number of aromatic nitrogens is 1. The Morgan fingerprint density at radius 1 is 1.00 bits per heavy atom. The van der Waals surface area contributed by atoms with Gasteiger partial charge < -0.3 is 9.15 Å². The summed E-state index contributed by atoms with van der Waals surface area (Å²) in [6, 6.07) is 23.0. The average molecular weight is 464 g/mol. The number of benzene rings is 3. The van der Waals surface area contributed by atoms with Gasteiger partial charge in [0.05, 0.1) is 10.2 Å². The van der Waals surface area contributed by atoms with Crippen LogP contribution in [0.5, 0.6) is 5.75 Å². The molecule has 5 aromatic rings. The van der Waals surface area contributed by atoms with Gasteiger partial charge >= 0.3 is 5.63 Å². The Balaban J connectivity index is 1.45. The van der Waals surface area contributed by atoms with Gasteiger partial charge in [0.15, 0.2) is 0 Å². The topological polar surface area (TPSA) is 52.3 Å². The third-order valence-corrected chi connectivity index (χ3v) is 6.14. The lowest BCUT2D eigenvalue weighted by Crippen LogP contribution is -2.04. The predicted molar refractivity (Wildman–Crippen MR) is 120 cm³/mol. The fourth-order valence-corrected chi connectivity index (χ4v) is 4.52. The van der Waals surface area contributed by atoms with Crippen molar-refractivity contribution in [3.05, 3.63) is 93.3 Å². The zero-order chi connectivity index (χ0) is 19.8. The van der Waals surface area contributed by atoms with Crippen LogP contribution in [0.3, 0.4) is 0 Å². The molecule has 0 saturated carbocycles. The smallest absolute Gasteiger partial charge is 0.336 e. The van der Waals surface area contributed by atoms with E-state index in [0.29, 0.717) is 5.58 Å². The van der Waals surface area contributed by atoms with Crippen LogP contribution in [0.2, 0.25) is 0 Å². The number of hydrogen-bond donors (Lipinski definition) is 0. The third-order valence-electron chi connectivity index (χ3n) is 4.56. The molecule has 2 aromatic heterocycles. The van der Waals surface area contributed by atoms with E-state index in [4.69, 9.17) is 14.1 Å².